The maximum atomic E-state index is 13.2. The van der Waals surface area contributed by atoms with Crippen LogP contribution in [0.2, 0.25) is 0 Å². The maximum Gasteiger partial charge on any atom is 0.261 e. The number of pyridine rings is 1. The lowest BCUT2D eigenvalue weighted by Gasteiger charge is -2.09. The fourth-order valence-corrected chi connectivity index (χ4v) is 3.35. The number of rotatable bonds is 4. The Labute approximate surface area is 166 Å². The SMILES string of the molecule is CCc1ccccc1NC(=O)c1c[nH]c2c(c(C)nn2-c2ccc(F)cc2)c1=O. The summed E-state index contributed by atoms with van der Waals surface area (Å²) in [5.74, 6) is -0.843. The van der Waals surface area contributed by atoms with Crippen molar-refractivity contribution >= 4 is 22.6 Å². The first-order valence-electron chi connectivity index (χ1n) is 9.25. The average Bonchev–Trinajstić information content (AvgIpc) is 3.06. The normalized spacial score (nSPS) is 11.0. The topological polar surface area (TPSA) is 79.8 Å². The molecule has 0 saturated heterocycles. The Morgan fingerprint density at radius 2 is 1.90 bits per heavy atom. The zero-order valence-corrected chi connectivity index (χ0v) is 16.0. The Kier molecular flexibility index (Phi) is 4.72. The third-order valence-corrected chi connectivity index (χ3v) is 4.85. The number of carbonyl (C=O) groups excluding carboxylic acids is 1. The number of benzene rings is 2. The van der Waals surface area contributed by atoms with Crippen molar-refractivity contribution in [2.45, 2.75) is 20.3 Å². The molecule has 0 radical (unpaired) electrons. The van der Waals surface area contributed by atoms with Crippen molar-refractivity contribution in [1.29, 1.82) is 0 Å². The monoisotopic (exact) mass is 390 g/mol. The molecule has 2 aromatic carbocycles. The molecule has 29 heavy (non-hydrogen) atoms. The lowest BCUT2D eigenvalue weighted by atomic mass is 10.1. The molecule has 4 rings (SSSR count). The second kappa shape index (κ2) is 7.35. The fraction of sp³-hybridized carbons (Fsp3) is 0.136. The zero-order chi connectivity index (χ0) is 20.5. The smallest absolute Gasteiger partial charge is 0.261 e. The third kappa shape index (κ3) is 3.31. The van der Waals surface area contributed by atoms with Crippen LogP contribution in [-0.2, 0) is 6.42 Å². The van der Waals surface area contributed by atoms with E-state index in [2.05, 4.69) is 15.4 Å². The molecule has 0 spiro atoms. The summed E-state index contributed by atoms with van der Waals surface area (Å²) in [6, 6.07) is 13.3. The summed E-state index contributed by atoms with van der Waals surface area (Å²) in [6.07, 6.45) is 2.14. The molecule has 0 aliphatic carbocycles. The van der Waals surface area contributed by atoms with Crippen molar-refractivity contribution in [2.75, 3.05) is 5.32 Å². The summed E-state index contributed by atoms with van der Waals surface area (Å²) in [7, 11) is 0. The number of para-hydroxylation sites is 1. The molecule has 1 amide bonds. The third-order valence-electron chi connectivity index (χ3n) is 4.85. The van der Waals surface area contributed by atoms with Gasteiger partial charge in [0.2, 0.25) is 5.43 Å². The molecule has 0 aliphatic heterocycles. The molecule has 146 valence electrons. The number of carbonyl (C=O) groups is 1. The van der Waals surface area contributed by atoms with E-state index in [1.54, 1.807) is 25.1 Å². The lowest BCUT2D eigenvalue weighted by Crippen LogP contribution is -2.22. The van der Waals surface area contributed by atoms with Crippen molar-refractivity contribution in [1.82, 2.24) is 14.8 Å². The standard InChI is InChI=1S/C22H19FN4O2/c1-3-14-6-4-5-7-18(14)25-22(29)17-12-24-21-19(20(17)28)13(2)26-27(21)16-10-8-15(23)9-11-16/h4-12H,3H2,1-2H3,(H,24,28)(H,25,29). The first kappa shape index (κ1) is 18.6. The minimum atomic E-state index is -0.483. The van der Waals surface area contributed by atoms with Crippen LogP contribution in [0, 0.1) is 12.7 Å². The lowest BCUT2D eigenvalue weighted by molar-refractivity contribution is 0.102. The molecule has 2 N–H and O–H groups in total. The average molecular weight is 390 g/mol. The van der Waals surface area contributed by atoms with E-state index in [9.17, 15) is 14.0 Å². The van der Waals surface area contributed by atoms with Crippen LogP contribution in [0.15, 0.2) is 59.5 Å². The second-order valence-electron chi connectivity index (χ2n) is 6.69. The molecule has 2 aromatic heterocycles. The number of nitrogens with one attached hydrogen (secondary N) is 2. The predicted molar refractivity (Wildman–Crippen MR) is 110 cm³/mol. The molecular weight excluding hydrogens is 371 g/mol. The number of halogens is 1. The first-order valence-corrected chi connectivity index (χ1v) is 9.25. The Morgan fingerprint density at radius 3 is 2.62 bits per heavy atom. The van der Waals surface area contributed by atoms with Gasteiger partial charge in [0.1, 0.15) is 17.0 Å². The molecular formula is C22H19FN4O2. The number of aromatic amines is 1. The summed E-state index contributed by atoms with van der Waals surface area (Å²) in [5, 5.41) is 7.54. The second-order valence-corrected chi connectivity index (χ2v) is 6.69. The van der Waals surface area contributed by atoms with Crippen LogP contribution < -0.4 is 10.7 Å². The van der Waals surface area contributed by atoms with Gasteiger partial charge in [-0.3, -0.25) is 9.59 Å². The number of amides is 1. The van der Waals surface area contributed by atoms with Gasteiger partial charge in [-0.05, 0) is 49.2 Å². The van der Waals surface area contributed by atoms with E-state index in [0.717, 1.165) is 12.0 Å². The van der Waals surface area contributed by atoms with E-state index >= 15 is 0 Å². The van der Waals surface area contributed by atoms with Gasteiger partial charge in [-0.15, -0.1) is 0 Å². The van der Waals surface area contributed by atoms with Gasteiger partial charge in [-0.2, -0.15) is 5.10 Å². The van der Waals surface area contributed by atoms with E-state index in [1.807, 2.05) is 25.1 Å². The van der Waals surface area contributed by atoms with Crippen LogP contribution in [0.5, 0.6) is 0 Å². The van der Waals surface area contributed by atoms with Crippen molar-refractivity contribution in [3.8, 4) is 5.69 Å². The van der Waals surface area contributed by atoms with Gasteiger partial charge in [0.05, 0.1) is 16.8 Å². The highest BCUT2D eigenvalue weighted by Crippen LogP contribution is 2.20. The van der Waals surface area contributed by atoms with Crippen LogP contribution in [0.25, 0.3) is 16.7 Å². The van der Waals surface area contributed by atoms with Crippen LogP contribution in [0.1, 0.15) is 28.5 Å². The molecule has 0 atom stereocenters. The van der Waals surface area contributed by atoms with Gasteiger partial charge >= 0.3 is 0 Å². The van der Waals surface area contributed by atoms with Crippen LogP contribution >= 0.6 is 0 Å². The Morgan fingerprint density at radius 1 is 1.17 bits per heavy atom. The van der Waals surface area contributed by atoms with E-state index in [1.165, 1.54) is 23.0 Å². The zero-order valence-electron chi connectivity index (χ0n) is 16.0. The number of aryl methyl sites for hydroxylation is 2. The van der Waals surface area contributed by atoms with E-state index in [0.29, 0.717) is 28.1 Å². The van der Waals surface area contributed by atoms with E-state index in [-0.39, 0.29) is 11.4 Å². The summed E-state index contributed by atoms with van der Waals surface area (Å²) >= 11 is 0. The number of nitrogens with zero attached hydrogens (tertiary/aromatic N) is 2. The molecule has 0 unspecified atom stereocenters. The highest BCUT2D eigenvalue weighted by atomic mass is 19.1. The summed E-state index contributed by atoms with van der Waals surface area (Å²) in [5.41, 5.74) is 2.80. The Balaban J connectivity index is 1.77. The van der Waals surface area contributed by atoms with Crippen molar-refractivity contribution in [3.63, 3.8) is 0 Å². The van der Waals surface area contributed by atoms with Gasteiger partial charge in [0.25, 0.3) is 5.91 Å². The van der Waals surface area contributed by atoms with Crippen molar-refractivity contribution in [2.24, 2.45) is 0 Å². The highest BCUT2D eigenvalue weighted by molar-refractivity contribution is 6.06. The first-order chi connectivity index (χ1) is 14.0. The number of H-pyrrole nitrogens is 1. The Hall–Kier alpha value is -3.74. The number of aromatic nitrogens is 3. The molecule has 0 aliphatic rings. The molecule has 6 nitrogen and oxygen atoms in total. The number of anilines is 1. The summed E-state index contributed by atoms with van der Waals surface area (Å²) in [4.78, 5) is 28.8. The van der Waals surface area contributed by atoms with Gasteiger partial charge in [0, 0.05) is 11.9 Å². The molecule has 0 saturated carbocycles. The van der Waals surface area contributed by atoms with Gasteiger partial charge in [-0.25, -0.2) is 9.07 Å². The minimum Gasteiger partial charge on any atom is -0.345 e. The number of hydrogen-bond donors (Lipinski definition) is 2. The molecule has 0 fully saturated rings. The predicted octanol–water partition coefficient (Wildman–Crippen LogP) is 3.98. The van der Waals surface area contributed by atoms with Gasteiger partial charge in [-0.1, -0.05) is 25.1 Å². The highest BCUT2D eigenvalue weighted by Gasteiger charge is 2.19. The van der Waals surface area contributed by atoms with Crippen LogP contribution in [0.4, 0.5) is 10.1 Å². The number of fused-ring (bicyclic) bond motifs is 1. The largest absolute Gasteiger partial charge is 0.345 e. The summed E-state index contributed by atoms with van der Waals surface area (Å²) in [6.45, 7) is 3.70. The quantitative estimate of drug-likeness (QED) is 0.553. The van der Waals surface area contributed by atoms with E-state index in [4.69, 9.17) is 0 Å². The van der Waals surface area contributed by atoms with Crippen molar-refractivity contribution in [3.05, 3.63) is 87.6 Å². The van der Waals surface area contributed by atoms with Gasteiger partial charge in [0.15, 0.2) is 0 Å². The molecule has 4 aromatic rings. The maximum absolute atomic E-state index is 13.2. The van der Waals surface area contributed by atoms with Crippen LogP contribution in [0.3, 0.4) is 0 Å². The number of hydrogen-bond acceptors (Lipinski definition) is 3. The van der Waals surface area contributed by atoms with Crippen LogP contribution in [-0.4, -0.2) is 20.7 Å². The summed E-state index contributed by atoms with van der Waals surface area (Å²) < 4.78 is 14.8. The molecule has 0 bridgehead atoms. The molecule has 7 heteroatoms. The Bertz CT molecular complexity index is 1270. The molecule has 2 heterocycles. The minimum absolute atomic E-state index is 0.00478. The van der Waals surface area contributed by atoms with Crippen molar-refractivity contribution < 1.29 is 9.18 Å². The van der Waals surface area contributed by atoms with Gasteiger partial charge < -0.3 is 10.3 Å². The van der Waals surface area contributed by atoms with E-state index < -0.39 is 11.3 Å². The fourth-order valence-electron chi connectivity index (χ4n) is 3.35.